The van der Waals surface area contributed by atoms with E-state index in [1.165, 1.54) is 33.3 Å². The first-order valence-electron chi connectivity index (χ1n) is 10.6. The monoisotopic (exact) mass is 470 g/mol. The molecule has 1 amide bonds. The van der Waals surface area contributed by atoms with Gasteiger partial charge in [-0.1, -0.05) is 6.07 Å². The fourth-order valence-electron chi connectivity index (χ4n) is 3.93. The van der Waals surface area contributed by atoms with Gasteiger partial charge in [0.05, 0.1) is 40.1 Å². The number of amides is 1. The summed E-state index contributed by atoms with van der Waals surface area (Å²) in [5.74, 6) is 0.0830. The van der Waals surface area contributed by atoms with Crippen LogP contribution in [0.2, 0.25) is 0 Å². The summed E-state index contributed by atoms with van der Waals surface area (Å²) >= 11 is 0. The second kappa shape index (κ2) is 10.5. The second-order valence-corrected chi connectivity index (χ2v) is 7.98. The Labute approximate surface area is 199 Å². The smallest absolute Gasteiger partial charge is 0.295 e. The molecular formula is C25H30N2O7. The highest BCUT2D eigenvalue weighted by Crippen LogP contribution is 2.42. The van der Waals surface area contributed by atoms with Crippen molar-refractivity contribution >= 4 is 17.4 Å². The normalized spacial score (nSPS) is 17.3. The summed E-state index contributed by atoms with van der Waals surface area (Å²) in [7, 11) is 9.78. The standard InChI is InChI=1S/C25H30N2O7/c1-26(2)11-12-27-22(15-7-9-17(31-3)19(13-15)33-5)21(24(29)25(27)30)23(28)16-8-10-18(32-4)20(14-16)34-6/h7-10,13-14,22,28H,11-12H2,1-6H3/b23-21+/t22-/m1/s1. The van der Waals surface area contributed by atoms with Gasteiger partial charge in [-0.2, -0.15) is 0 Å². The van der Waals surface area contributed by atoms with E-state index < -0.39 is 17.7 Å². The first-order chi connectivity index (χ1) is 16.3. The third-order valence-corrected chi connectivity index (χ3v) is 5.71. The zero-order valence-electron chi connectivity index (χ0n) is 20.2. The number of aliphatic hydroxyl groups excluding tert-OH is 1. The van der Waals surface area contributed by atoms with Gasteiger partial charge in [-0.05, 0) is 50.0 Å². The molecule has 1 aliphatic heterocycles. The van der Waals surface area contributed by atoms with Crippen molar-refractivity contribution in [2.45, 2.75) is 6.04 Å². The fourth-order valence-corrected chi connectivity index (χ4v) is 3.93. The van der Waals surface area contributed by atoms with Crippen molar-refractivity contribution in [2.24, 2.45) is 0 Å². The molecule has 2 aromatic rings. The minimum atomic E-state index is -0.812. The van der Waals surface area contributed by atoms with Crippen molar-refractivity contribution in [1.82, 2.24) is 9.80 Å². The number of hydrogen-bond donors (Lipinski definition) is 1. The van der Waals surface area contributed by atoms with Crippen LogP contribution in [-0.2, 0) is 9.59 Å². The second-order valence-electron chi connectivity index (χ2n) is 7.98. The van der Waals surface area contributed by atoms with Crippen molar-refractivity contribution in [3.05, 3.63) is 53.1 Å². The van der Waals surface area contributed by atoms with Crippen molar-refractivity contribution in [2.75, 3.05) is 55.6 Å². The SMILES string of the molecule is COc1ccc(/C(O)=C2\C(=O)C(=O)N(CCN(C)C)[C@@H]2c2ccc(OC)c(OC)c2)cc1OC. The molecule has 0 unspecified atom stereocenters. The lowest BCUT2D eigenvalue weighted by molar-refractivity contribution is -0.140. The van der Waals surface area contributed by atoms with Gasteiger partial charge in [0.25, 0.3) is 11.7 Å². The van der Waals surface area contributed by atoms with Gasteiger partial charge in [-0.25, -0.2) is 0 Å². The van der Waals surface area contributed by atoms with Gasteiger partial charge in [0, 0.05) is 18.7 Å². The maximum absolute atomic E-state index is 13.2. The van der Waals surface area contributed by atoms with Crippen molar-refractivity contribution < 1.29 is 33.6 Å². The number of benzene rings is 2. The molecule has 0 radical (unpaired) electrons. The topological polar surface area (TPSA) is 97.8 Å². The fraction of sp³-hybridized carbons (Fsp3) is 0.360. The number of hydrogen-bond acceptors (Lipinski definition) is 8. The molecule has 0 aromatic heterocycles. The zero-order chi connectivity index (χ0) is 25.0. The lowest BCUT2D eigenvalue weighted by atomic mass is 9.95. The number of Topliss-reactive ketones (excluding diaryl/α,β-unsaturated/α-hetero) is 1. The van der Waals surface area contributed by atoms with E-state index in [9.17, 15) is 14.7 Å². The van der Waals surface area contributed by atoms with Gasteiger partial charge in [0.15, 0.2) is 23.0 Å². The van der Waals surface area contributed by atoms with E-state index in [0.29, 0.717) is 47.2 Å². The maximum atomic E-state index is 13.2. The predicted molar refractivity (Wildman–Crippen MR) is 127 cm³/mol. The minimum Gasteiger partial charge on any atom is -0.507 e. The number of aliphatic hydroxyl groups is 1. The predicted octanol–water partition coefficient (Wildman–Crippen LogP) is 2.70. The molecule has 34 heavy (non-hydrogen) atoms. The Morgan fingerprint density at radius 2 is 1.44 bits per heavy atom. The highest BCUT2D eigenvalue weighted by molar-refractivity contribution is 6.46. The molecule has 1 fully saturated rings. The van der Waals surface area contributed by atoms with E-state index in [2.05, 4.69) is 0 Å². The summed E-state index contributed by atoms with van der Waals surface area (Å²) in [5.41, 5.74) is 0.926. The summed E-state index contributed by atoms with van der Waals surface area (Å²) in [6, 6.07) is 9.15. The molecule has 0 bridgehead atoms. The Kier molecular flexibility index (Phi) is 7.68. The molecule has 1 heterocycles. The molecule has 3 rings (SSSR count). The zero-order valence-corrected chi connectivity index (χ0v) is 20.2. The van der Waals surface area contributed by atoms with Gasteiger partial charge in [0.2, 0.25) is 0 Å². The average Bonchev–Trinajstić information content (AvgIpc) is 3.10. The molecule has 1 saturated heterocycles. The van der Waals surface area contributed by atoms with Gasteiger partial charge >= 0.3 is 0 Å². The highest BCUT2D eigenvalue weighted by Gasteiger charge is 2.46. The van der Waals surface area contributed by atoms with Crippen LogP contribution in [0.3, 0.4) is 0 Å². The van der Waals surface area contributed by atoms with E-state index >= 15 is 0 Å². The molecule has 182 valence electrons. The van der Waals surface area contributed by atoms with Crippen LogP contribution < -0.4 is 18.9 Å². The molecule has 1 aliphatic rings. The van der Waals surface area contributed by atoms with Gasteiger partial charge in [-0.15, -0.1) is 0 Å². The van der Waals surface area contributed by atoms with Crippen LogP contribution in [0, 0.1) is 0 Å². The number of ether oxygens (including phenoxy) is 4. The van der Waals surface area contributed by atoms with Crippen LogP contribution in [0.4, 0.5) is 0 Å². The molecule has 1 N–H and O–H groups in total. The molecule has 0 saturated carbocycles. The maximum Gasteiger partial charge on any atom is 0.295 e. The van der Waals surface area contributed by atoms with Crippen molar-refractivity contribution in [3.8, 4) is 23.0 Å². The van der Waals surface area contributed by atoms with Crippen LogP contribution >= 0.6 is 0 Å². The number of likely N-dealkylation sites (tertiary alicyclic amines) is 1. The number of methoxy groups -OCH3 is 4. The highest BCUT2D eigenvalue weighted by atomic mass is 16.5. The van der Waals surface area contributed by atoms with Crippen LogP contribution in [0.15, 0.2) is 42.0 Å². The van der Waals surface area contributed by atoms with E-state index in [-0.39, 0.29) is 11.3 Å². The molecule has 9 nitrogen and oxygen atoms in total. The molecule has 1 atom stereocenters. The van der Waals surface area contributed by atoms with Gasteiger partial charge in [-0.3, -0.25) is 9.59 Å². The first-order valence-corrected chi connectivity index (χ1v) is 10.6. The summed E-state index contributed by atoms with van der Waals surface area (Å²) < 4.78 is 21.4. The number of carbonyl (C=O) groups excluding carboxylic acids is 2. The Morgan fingerprint density at radius 3 is 2.00 bits per heavy atom. The van der Waals surface area contributed by atoms with E-state index in [1.807, 2.05) is 19.0 Å². The van der Waals surface area contributed by atoms with Crippen LogP contribution in [0.5, 0.6) is 23.0 Å². The van der Waals surface area contributed by atoms with Gasteiger partial charge < -0.3 is 33.9 Å². The lowest BCUT2D eigenvalue weighted by Gasteiger charge is -2.27. The number of likely N-dealkylation sites (N-methyl/N-ethyl adjacent to an activating group) is 1. The molecule has 2 aromatic carbocycles. The Bertz CT molecular complexity index is 1110. The minimum absolute atomic E-state index is 0.0109. The Balaban J connectivity index is 2.20. The van der Waals surface area contributed by atoms with Crippen molar-refractivity contribution in [3.63, 3.8) is 0 Å². The van der Waals surface area contributed by atoms with E-state index in [0.717, 1.165) is 0 Å². The largest absolute Gasteiger partial charge is 0.507 e. The van der Waals surface area contributed by atoms with Crippen LogP contribution in [0.25, 0.3) is 5.76 Å². The van der Waals surface area contributed by atoms with Crippen LogP contribution in [-0.4, -0.2) is 82.2 Å². The number of nitrogens with zero attached hydrogens (tertiary/aromatic N) is 2. The quantitative estimate of drug-likeness (QED) is 0.339. The summed E-state index contributed by atoms with van der Waals surface area (Å²) in [5, 5.41) is 11.3. The Hall–Kier alpha value is -3.72. The Morgan fingerprint density at radius 1 is 0.882 bits per heavy atom. The summed E-state index contributed by atoms with van der Waals surface area (Å²) in [4.78, 5) is 29.6. The van der Waals surface area contributed by atoms with Crippen LogP contribution in [0.1, 0.15) is 17.2 Å². The third-order valence-electron chi connectivity index (χ3n) is 5.71. The number of rotatable bonds is 9. The molecule has 0 spiro atoms. The first kappa shape index (κ1) is 24.9. The summed E-state index contributed by atoms with van der Waals surface area (Å²) in [6.45, 7) is 0.826. The molecular weight excluding hydrogens is 440 g/mol. The lowest BCUT2D eigenvalue weighted by Crippen LogP contribution is -2.35. The van der Waals surface area contributed by atoms with Crippen molar-refractivity contribution in [1.29, 1.82) is 0 Å². The average molecular weight is 471 g/mol. The summed E-state index contributed by atoms with van der Waals surface area (Å²) in [6.07, 6.45) is 0. The van der Waals surface area contributed by atoms with E-state index in [4.69, 9.17) is 18.9 Å². The number of carbonyl (C=O) groups is 2. The number of ketones is 1. The molecule has 9 heteroatoms. The molecule has 0 aliphatic carbocycles. The van der Waals surface area contributed by atoms with Gasteiger partial charge in [0.1, 0.15) is 5.76 Å². The van der Waals surface area contributed by atoms with E-state index in [1.54, 1.807) is 36.4 Å². The third kappa shape index (κ3) is 4.65.